The van der Waals surface area contributed by atoms with Crippen LogP contribution in [-0.4, -0.2) is 19.7 Å². The van der Waals surface area contributed by atoms with Gasteiger partial charge >= 0.3 is 5.97 Å². The van der Waals surface area contributed by atoms with Gasteiger partial charge in [0.1, 0.15) is 0 Å². The fourth-order valence-corrected chi connectivity index (χ4v) is 0.732. The average Bonchev–Trinajstić information content (AvgIpc) is 2.31. The molecule has 0 aliphatic heterocycles. The lowest BCUT2D eigenvalue weighted by atomic mass is 10.4. The molecule has 0 N–H and O–H groups in total. The van der Waals surface area contributed by atoms with E-state index in [9.17, 15) is 4.79 Å². The third-order valence-electron chi connectivity index (χ3n) is 1.40. The van der Waals surface area contributed by atoms with E-state index in [-0.39, 0.29) is 5.76 Å². The van der Waals surface area contributed by atoms with Gasteiger partial charge in [-0.25, -0.2) is 4.79 Å². The first-order valence-corrected chi connectivity index (χ1v) is 4.62. The molecule has 15 heavy (non-hydrogen) atoms. The number of carbonyl (C=O) groups excluding carboxylic acids is 1. The van der Waals surface area contributed by atoms with E-state index in [0.717, 1.165) is 0 Å². The number of benzene rings is 1. The Labute approximate surface area is 90.3 Å². The number of rotatable bonds is 3. The Morgan fingerprint density at radius 1 is 1.13 bits per heavy atom. The molecular formula is C12H16O3. The van der Waals surface area contributed by atoms with Crippen LogP contribution in [-0.2, 0) is 14.3 Å². The SMILES string of the molecule is C=C(OCC)C(=O)OC.c1ccccc1. The highest BCUT2D eigenvalue weighted by Gasteiger charge is 2.04. The summed E-state index contributed by atoms with van der Waals surface area (Å²) >= 11 is 0. The zero-order valence-electron chi connectivity index (χ0n) is 9.10. The third-order valence-corrected chi connectivity index (χ3v) is 1.40. The molecule has 0 aliphatic rings. The fourth-order valence-electron chi connectivity index (χ4n) is 0.732. The second-order valence-corrected chi connectivity index (χ2v) is 2.50. The molecule has 82 valence electrons. The van der Waals surface area contributed by atoms with Crippen molar-refractivity contribution in [3.63, 3.8) is 0 Å². The van der Waals surface area contributed by atoms with Crippen molar-refractivity contribution in [1.82, 2.24) is 0 Å². The Morgan fingerprint density at radius 3 is 1.80 bits per heavy atom. The minimum atomic E-state index is -0.517. The largest absolute Gasteiger partial charge is 0.487 e. The molecule has 0 heterocycles. The molecule has 0 unspecified atom stereocenters. The maximum absolute atomic E-state index is 10.5. The Bertz CT molecular complexity index is 253. The lowest BCUT2D eigenvalue weighted by molar-refractivity contribution is -0.140. The van der Waals surface area contributed by atoms with Gasteiger partial charge in [-0.15, -0.1) is 0 Å². The number of hydrogen-bond donors (Lipinski definition) is 0. The summed E-state index contributed by atoms with van der Waals surface area (Å²) in [6, 6.07) is 12.0. The smallest absolute Gasteiger partial charge is 0.372 e. The molecule has 0 aromatic heterocycles. The Morgan fingerprint density at radius 2 is 1.53 bits per heavy atom. The van der Waals surface area contributed by atoms with Crippen molar-refractivity contribution in [3.8, 4) is 0 Å². The Balaban J connectivity index is 0.000000280. The molecule has 0 saturated carbocycles. The van der Waals surface area contributed by atoms with E-state index in [2.05, 4.69) is 11.3 Å². The summed E-state index contributed by atoms with van der Waals surface area (Å²) in [6.45, 7) is 5.53. The molecule has 0 saturated heterocycles. The number of hydrogen-bond acceptors (Lipinski definition) is 3. The van der Waals surface area contributed by atoms with Crippen molar-refractivity contribution in [1.29, 1.82) is 0 Å². The van der Waals surface area contributed by atoms with Gasteiger partial charge in [-0.2, -0.15) is 0 Å². The van der Waals surface area contributed by atoms with Crippen molar-refractivity contribution in [3.05, 3.63) is 48.7 Å². The molecule has 0 atom stereocenters. The van der Waals surface area contributed by atoms with Crippen LogP contribution in [0.15, 0.2) is 48.7 Å². The highest BCUT2D eigenvalue weighted by atomic mass is 16.6. The first-order chi connectivity index (χ1) is 7.22. The number of ether oxygens (including phenoxy) is 2. The first-order valence-electron chi connectivity index (χ1n) is 4.62. The van der Waals surface area contributed by atoms with Crippen molar-refractivity contribution < 1.29 is 14.3 Å². The topological polar surface area (TPSA) is 35.5 Å². The summed E-state index contributed by atoms with van der Waals surface area (Å²) in [7, 11) is 1.28. The van der Waals surface area contributed by atoms with E-state index >= 15 is 0 Å². The van der Waals surface area contributed by atoms with Crippen LogP contribution in [0.3, 0.4) is 0 Å². The van der Waals surface area contributed by atoms with Crippen molar-refractivity contribution in [2.45, 2.75) is 6.92 Å². The normalized spacial score (nSPS) is 8.13. The molecule has 3 heteroatoms. The quantitative estimate of drug-likeness (QED) is 0.434. The van der Waals surface area contributed by atoms with E-state index in [1.54, 1.807) is 6.92 Å². The highest BCUT2D eigenvalue weighted by molar-refractivity contribution is 5.85. The zero-order valence-corrected chi connectivity index (χ0v) is 9.10. The van der Waals surface area contributed by atoms with Gasteiger partial charge in [-0.05, 0) is 13.5 Å². The van der Waals surface area contributed by atoms with Crippen LogP contribution in [0.4, 0.5) is 0 Å². The lowest BCUT2D eigenvalue weighted by Gasteiger charge is -2.01. The molecule has 3 nitrogen and oxygen atoms in total. The predicted octanol–water partition coefficient (Wildman–Crippen LogP) is 2.40. The molecule has 0 aliphatic carbocycles. The van der Waals surface area contributed by atoms with Gasteiger partial charge in [0.25, 0.3) is 0 Å². The van der Waals surface area contributed by atoms with Crippen LogP contribution in [0.1, 0.15) is 6.92 Å². The van der Waals surface area contributed by atoms with E-state index in [0.29, 0.717) is 6.61 Å². The zero-order chi connectivity index (χ0) is 11.5. The number of carbonyl (C=O) groups is 1. The molecular weight excluding hydrogens is 192 g/mol. The maximum Gasteiger partial charge on any atom is 0.372 e. The van der Waals surface area contributed by atoms with Crippen LogP contribution in [0, 0.1) is 0 Å². The van der Waals surface area contributed by atoms with Crippen LogP contribution in [0.25, 0.3) is 0 Å². The Hall–Kier alpha value is -1.77. The van der Waals surface area contributed by atoms with Gasteiger partial charge in [0.2, 0.25) is 0 Å². The summed E-state index contributed by atoms with van der Waals surface area (Å²) in [5, 5.41) is 0. The van der Waals surface area contributed by atoms with Crippen molar-refractivity contribution in [2.75, 3.05) is 13.7 Å². The Kier molecular flexibility index (Phi) is 7.77. The summed E-state index contributed by atoms with van der Waals surface area (Å²) in [4.78, 5) is 10.5. The maximum atomic E-state index is 10.5. The molecule has 1 rings (SSSR count). The summed E-state index contributed by atoms with van der Waals surface area (Å²) in [5.41, 5.74) is 0. The fraction of sp³-hybridized carbons (Fsp3) is 0.250. The molecule has 0 bridgehead atoms. The molecule has 0 radical (unpaired) electrons. The number of esters is 1. The van der Waals surface area contributed by atoms with Gasteiger partial charge in [0, 0.05) is 0 Å². The summed E-state index contributed by atoms with van der Waals surface area (Å²) < 4.78 is 9.03. The van der Waals surface area contributed by atoms with Gasteiger partial charge in [-0.1, -0.05) is 36.4 Å². The van der Waals surface area contributed by atoms with Gasteiger partial charge in [-0.3, -0.25) is 0 Å². The number of methoxy groups -OCH3 is 1. The highest BCUT2D eigenvalue weighted by Crippen LogP contribution is 1.93. The molecule has 1 aromatic carbocycles. The van der Waals surface area contributed by atoms with E-state index in [4.69, 9.17) is 4.74 Å². The molecule has 1 aromatic rings. The van der Waals surface area contributed by atoms with Crippen LogP contribution < -0.4 is 0 Å². The first kappa shape index (κ1) is 13.2. The standard InChI is InChI=1S/C6H10O3.C6H6/c1-4-9-5(2)6(7)8-3;1-2-4-6-5-3-1/h2,4H2,1,3H3;1-6H. The lowest BCUT2D eigenvalue weighted by Crippen LogP contribution is -2.06. The molecule has 0 fully saturated rings. The summed E-state index contributed by atoms with van der Waals surface area (Å²) in [6.07, 6.45) is 0. The van der Waals surface area contributed by atoms with Crippen LogP contribution in [0.5, 0.6) is 0 Å². The monoisotopic (exact) mass is 208 g/mol. The van der Waals surface area contributed by atoms with Crippen molar-refractivity contribution >= 4 is 5.97 Å². The average molecular weight is 208 g/mol. The minimum absolute atomic E-state index is 0.0556. The summed E-state index contributed by atoms with van der Waals surface area (Å²) in [5.74, 6) is -0.461. The van der Waals surface area contributed by atoms with E-state index in [1.165, 1.54) is 7.11 Å². The van der Waals surface area contributed by atoms with Crippen LogP contribution >= 0.6 is 0 Å². The van der Waals surface area contributed by atoms with E-state index < -0.39 is 5.97 Å². The van der Waals surface area contributed by atoms with Gasteiger partial charge < -0.3 is 9.47 Å². The van der Waals surface area contributed by atoms with Crippen molar-refractivity contribution in [2.24, 2.45) is 0 Å². The molecule has 0 spiro atoms. The minimum Gasteiger partial charge on any atom is -0.487 e. The van der Waals surface area contributed by atoms with Gasteiger partial charge in [0.05, 0.1) is 13.7 Å². The van der Waals surface area contributed by atoms with E-state index in [1.807, 2.05) is 36.4 Å². The molecule has 0 amide bonds. The third kappa shape index (κ3) is 7.31. The van der Waals surface area contributed by atoms with Gasteiger partial charge in [0.15, 0.2) is 5.76 Å². The second kappa shape index (κ2) is 8.81. The second-order valence-electron chi connectivity index (χ2n) is 2.50. The van der Waals surface area contributed by atoms with Crippen LogP contribution in [0.2, 0.25) is 0 Å². The predicted molar refractivity (Wildman–Crippen MR) is 59.2 cm³/mol.